The quantitative estimate of drug-likeness (QED) is 0.687. The third-order valence-corrected chi connectivity index (χ3v) is 5.19. The highest BCUT2D eigenvalue weighted by Gasteiger charge is 2.18. The lowest BCUT2D eigenvalue weighted by Crippen LogP contribution is -2.30. The second kappa shape index (κ2) is 9.72. The number of carbonyl (C=O) groups excluding carboxylic acids is 1. The largest absolute Gasteiger partial charge is 0.434 e. The number of para-hydroxylation sites is 1. The van der Waals surface area contributed by atoms with Crippen LogP contribution in [0.5, 0.6) is 5.75 Å². The zero-order valence-corrected chi connectivity index (χ0v) is 15.6. The number of nitrogens with one attached hydrogen (secondary N) is 1. The van der Waals surface area contributed by atoms with Crippen molar-refractivity contribution in [1.82, 2.24) is 10.3 Å². The number of benzene rings is 1. The average molecular weight is 386 g/mol. The first-order chi connectivity index (χ1) is 12.0. The van der Waals surface area contributed by atoms with Crippen LogP contribution in [-0.2, 0) is 10.5 Å². The Hall–Kier alpha value is -1.67. The van der Waals surface area contributed by atoms with Gasteiger partial charge in [0.05, 0.1) is 22.5 Å². The van der Waals surface area contributed by atoms with Gasteiger partial charge in [0, 0.05) is 16.7 Å². The predicted octanol–water partition coefficient (Wildman–Crippen LogP) is 4.55. The van der Waals surface area contributed by atoms with E-state index in [9.17, 15) is 13.6 Å². The van der Waals surface area contributed by atoms with Gasteiger partial charge in [0.25, 0.3) is 0 Å². The van der Waals surface area contributed by atoms with Crippen LogP contribution in [0.1, 0.15) is 35.7 Å². The lowest BCUT2D eigenvalue weighted by Gasteiger charge is -2.20. The molecule has 0 saturated heterocycles. The zero-order chi connectivity index (χ0) is 18.2. The van der Waals surface area contributed by atoms with Crippen molar-refractivity contribution >= 4 is 29.0 Å². The van der Waals surface area contributed by atoms with Crippen LogP contribution in [0.25, 0.3) is 0 Å². The van der Waals surface area contributed by atoms with Crippen molar-refractivity contribution in [3.63, 3.8) is 0 Å². The van der Waals surface area contributed by atoms with Gasteiger partial charge in [0.15, 0.2) is 0 Å². The van der Waals surface area contributed by atoms with Crippen LogP contribution < -0.4 is 10.1 Å². The molecule has 1 atom stereocenters. The molecule has 0 bridgehead atoms. The molecule has 0 aliphatic heterocycles. The minimum atomic E-state index is -2.90. The summed E-state index contributed by atoms with van der Waals surface area (Å²) in [6.07, 6.45) is 0.575. The molecule has 0 saturated carbocycles. The molecule has 1 aromatic carbocycles. The smallest absolute Gasteiger partial charge is 0.387 e. The van der Waals surface area contributed by atoms with Crippen LogP contribution in [0, 0.1) is 6.92 Å². The Bertz CT molecular complexity index is 695. The predicted molar refractivity (Wildman–Crippen MR) is 97.3 cm³/mol. The van der Waals surface area contributed by atoms with Gasteiger partial charge in [-0.05, 0) is 19.4 Å². The van der Waals surface area contributed by atoms with Crippen LogP contribution in [0.15, 0.2) is 29.6 Å². The first-order valence-electron chi connectivity index (χ1n) is 7.81. The Morgan fingerprint density at radius 1 is 1.40 bits per heavy atom. The first-order valence-corrected chi connectivity index (χ1v) is 9.84. The van der Waals surface area contributed by atoms with E-state index in [1.165, 1.54) is 17.8 Å². The van der Waals surface area contributed by atoms with E-state index in [0.717, 1.165) is 10.7 Å². The minimum Gasteiger partial charge on any atom is -0.434 e. The summed E-state index contributed by atoms with van der Waals surface area (Å²) in [4.78, 5) is 16.5. The summed E-state index contributed by atoms with van der Waals surface area (Å²) in [6.45, 7) is 0.928. The Labute approximate surface area is 154 Å². The van der Waals surface area contributed by atoms with Crippen LogP contribution in [0.2, 0.25) is 0 Å². The summed E-state index contributed by atoms with van der Waals surface area (Å²) in [7, 11) is 0. The standard InChI is InChI=1S/C17H20F2N2O2S2/c1-3-14(13-6-4-5-7-15(13)23-17(18)19)21-16(22)10-24-8-12-9-25-11(2)20-12/h4-7,9,14,17H,3,8,10H2,1-2H3,(H,21,22). The van der Waals surface area contributed by atoms with Crippen LogP contribution in [0.3, 0.4) is 0 Å². The lowest BCUT2D eigenvalue weighted by molar-refractivity contribution is -0.119. The fourth-order valence-electron chi connectivity index (χ4n) is 2.33. The van der Waals surface area contributed by atoms with Gasteiger partial charge in [0.1, 0.15) is 5.75 Å². The molecule has 4 nitrogen and oxygen atoms in total. The van der Waals surface area contributed by atoms with E-state index in [4.69, 9.17) is 0 Å². The van der Waals surface area contributed by atoms with Gasteiger partial charge in [-0.1, -0.05) is 25.1 Å². The molecule has 2 rings (SSSR count). The Balaban J connectivity index is 1.91. The van der Waals surface area contributed by atoms with Crippen molar-refractivity contribution in [2.24, 2.45) is 0 Å². The molecule has 1 aromatic heterocycles. The molecule has 8 heteroatoms. The highest BCUT2D eigenvalue weighted by Crippen LogP contribution is 2.28. The SMILES string of the molecule is CCC(NC(=O)CSCc1csc(C)n1)c1ccccc1OC(F)F. The van der Waals surface area contributed by atoms with Crippen LogP contribution in [-0.4, -0.2) is 23.3 Å². The molecule has 1 N–H and O–H groups in total. The van der Waals surface area contributed by atoms with Gasteiger partial charge < -0.3 is 10.1 Å². The molecule has 0 aliphatic carbocycles. The summed E-state index contributed by atoms with van der Waals surface area (Å²) < 4.78 is 29.6. The van der Waals surface area contributed by atoms with Crippen molar-refractivity contribution < 1.29 is 18.3 Å². The number of hydrogen-bond donors (Lipinski definition) is 1. The number of halogens is 2. The molecule has 25 heavy (non-hydrogen) atoms. The Kier molecular flexibility index (Phi) is 7.64. The zero-order valence-electron chi connectivity index (χ0n) is 14.0. The molecule has 0 radical (unpaired) electrons. The molecular formula is C17H20F2N2O2S2. The number of aromatic nitrogens is 1. The number of hydrogen-bond acceptors (Lipinski definition) is 5. The second-order valence-electron chi connectivity index (χ2n) is 5.30. The average Bonchev–Trinajstić information content (AvgIpc) is 2.98. The number of rotatable bonds is 9. The van der Waals surface area contributed by atoms with E-state index >= 15 is 0 Å². The Morgan fingerprint density at radius 2 is 2.16 bits per heavy atom. The normalized spacial score (nSPS) is 12.2. The second-order valence-corrected chi connectivity index (χ2v) is 7.34. The number of alkyl halides is 2. The molecule has 2 aromatic rings. The summed E-state index contributed by atoms with van der Waals surface area (Å²) >= 11 is 3.05. The van der Waals surface area contributed by atoms with Crippen molar-refractivity contribution in [2.75, 3.05) is 5.75 Å². The van der Waals surface area contributed by atoms with Gasteiger partial charge >= 0.3 is 6.61 Å². The number of aryl methyl sites for hydroxylation is 1. The molecule has 136 valence electrons. The molecule has 0 aliphatic rings. The summed E-state index contributed by atoms with van der Waals surface area (Å²) in [5, 5.41) is 5.87. The first kappa shape index (κ1) is 19.7. The number of nitrogens with zero attached hydrogens (tertiary/aromatic N) is 1. The van der Waals surface area contributed by atoms with Gasteiger partial charge in [0.2, 0.25) is 5.91 Å². The van der Waals surface area contributed by atoms with E-state index in [1.807, 2.05) is 19.2 Å². The van der Waals surface area contributed by atoms with Crippen LogP contribution >= 0.6 is 23.1 Å². The number of ether oxygens (including phenoxy) is 1. The van der Waals surface area contributed by atoms with E-state index < -0.39 is 6.61 Å². The van der Waals surface area contributed by atoms with E-state index in [1.54, 1.807) is 29.5 Å². The van der Waals surface area contributed by atoms with Crippen LogP contribution in [0.4, 0.5) is 8.78 Å². The molecule has 0 fully saturated rings. The van der Waals surface area contributed by atoms with Gasteiger partial charge in [-0.3, -0.25) is 4.79 Å². The minimum absolute atomic E-state index is 0.0928. The number of thiazole rings is 1. The molecule has 0 spiro atoms. The van der Waals surface area contributed by atoms with Gasteiger partial charge in [-0.25, -0.2) is 4.98 Å². The fourth-order valence-corrected chi connectivity index (χ4v) is 3.78. The topological polar surface area (TPSA) is 51.2 Å². The maximum atomic E-state index is 12.5. The Morgan fingerprint density at radius 3 is 2.80 bits per heavy atom. The maximum Gasteiger partial charge on any atom is 0.387 e. The van der Waals surface area contributed by atoms with Crippen molar-refractivity contribution in [2.45, 2.75) is 38.7 Å². The summed E-state index contributed by atoms with van der Waals surface area (Å²) in [6, 6.07) is 6.17. The number of amides is 1. The monoisotopic (exact) mass is 386 g/mol. The summed E-state index contributed by atoms with van der Waals surface area (Å²) in [5.74, 6) is 0.899. The summed E-state index contributed by atoms with van der Waals surface area (Å²) in [5.41, 5.74) is 1.52. The van der Waals surface area contributed by atoms with Gasteiger partial charge in [-0.15, -0.1) is 23.1 Å². The van der Waals surface area contributed by atoms with E-state index in [2.05, 4.69) is 15.0 Å². The third-order valence-electron chi connectivity index (χ3n) is 3.40. The highest BCUT2D eigenvalue weighted by atomic mass is 32.2. The maximum absolute atomic E-state index is 12.5. The number of carbonyl (C=O) groups is 1. The molecular weight excluding hydrogens is 366 g/mol. The highest BCUT2D eigenvalue weighted by molar-refractivity contribution is 7.99. The third kappa shape index (κ3) is 6.28. The van der Waals surface area contributed by atoms with Crippen molar-refractivity contribution in [3.05, 3.63) is 45.9 Å². The fraction of sp³-hybridized carbons (Fsp3) is 0.412. The van der Waals surface area contributed by atoms with Crippen molar-refractivity contribution in [3.8, 4) is 5.75 Å². The number of thioether (sulfide) groups is 1. The molecule has 1 amide bonds. The van der Waals surface area contributed by atoms with E-state index in [-0.39, 0.29) is 23.5 Å². The molecule has 1 heterocycles. The van der Waals surface area contributed by atoms with Gasteiger partial charge in [-0.2, -0.15) is 8.78 Å². The lowest BCUT2D eigenvalue weighted by atomic mass is 10.0. The molecule has 1 unspecified atom stereocenters. The van der Waals surface area contributed by atoms with E-state index in [0.29, 0.717) is 17.7 Å². The van der Waals surface area contributed by atoms with Crippen molar-refractivity contribution in [1.29, 1.82) is 0 Å².